The van der Waals surface area contributed by atoms with Gasteiger partial charge in [0, 0.05) is 4.88 Å². The van der Waals surface area contributed by atoms with E-state index in [2.05, 4.69) is 11.9 Å². The summed E-state index contributed by atoms with van der Waals surface area (Å²) in [7, 11) is 0. The smallest absolute Gasteiger partial charge is 0.374 e. The fourth-order valence-corrected chi connectivity index (χ4v) is 4.73. The lowest BCUT2D eigenvalue weighted by Crippen LogP contribution is -2.32. The maximum Gasteiger partial charge on any atom is 0.374 e. The van der Waals surface area contributed by atoms with E-state index in [1.165, 1.54) is 11.3 Å². The van der Waals surface area contributed by atoms with Gasteiger partial charge in [-0.1, -0.05) is 20.8 Å². The highest BCUT2D eigenvalue weighted by Crippen LogP contribution is 2.35. The minimum absolute atomic E-state index is 0.146. The van der Waals surface area contributed by atoms with Crippen LogP contribution in [-0.4, -0.2) is 34.7 Å². The molecule has 0 aromatic carbocycles. The Labute approximate surface area is 167 Å². The van der Waals surface area contributed by atoms with Crippen molar-refractivity contribution >= 4 is 33.5 Å². The van der Waals surface area contributed by atoms with Gasteiger partial charge in [-0.2, -0.15) is 0 Å². The minimum atomic E-state index is -0.710. The summed E-state index contributed by atoms with van der Waals surface area (Å²) in [6.07, 6.45) is 2.72. The zero-order valence-electron chi connectivity index (χ0n) is 16.7. The first-order valence-electron chi connectivity index (χ1n) is 9.69. The molecule has 0 saturated heterocycles. The molecule has 2 aromatic heterocycles. The summed E-state index contributed by atoms with van der Waals surface area (Å²) < 4.78 is 11.4. The Kier molecular flexibility index (Phi) is 6.17. The van der Waals surface area contributed by atoms with E-state index >= 15 is 0 Å². The van der Waals surface area contributed by atoms with E-state index in [4.69, 9.17) is 9.47 Å². The number of carbonyl (C=O) groups is 2. The molecule has 0 radical (unpaired) electrons. The SMILES string of the molecule is CCOC(=O)c1nc2sc3c(c2c(=O)n1CC(=O)OCC(C)C)CC[C@H](C)C3. The van der Waals surface area contributed by atoms with Crippen molar-refractivity contribution in [1.82, 2.24) is 9.55 Å². The number of fused-ring (bicyclic) bond motifs is 3. The number of carbonyl (C=O) groups excluding carboxylic acids is 2. The third kappa shape index (κ3) is 4.11. The third-order valence-electron chi connectivity index (χ3n) is 4.74. The topological polar surface area (TPSA) is 87.5 Å². The number of hydrogen-bond donors (Lipinski definition) is 0. The molecule has 2 heterocycles. The van der Waals surface area contributed by atoms with E-state index in [0.29, 0.717) is 16.1 Å². The van der Waals surface area contributed by atoms with Crippen LogP contribution < -0.4 is 5.56 Å². The van der Waals surface area contributed by atoms with Crippen LogP contribution in [0.15, 0.2) is 4.79 Å². The van der Waals surface area contributed by atoms with E-state index in [-0.39, 0.29) is 37.1 Å². The van der Waals surface area contributed by atoms with Gasteiger partial charge in [0.25, 0.3) is 5.56 Å². The van der Waals surface area contributed by atoms with Crippen LogP contribution in [0.3, 0.4) is 0 Å². The molecule has 8 heteroatoms. The number of hydrogen-bond acceptors (Lipinski definition) is 7. The lowest BCUT2D eigenvalue weighted by atomic mass is 9.89. The molecule has 0 amide bonds. The molecule has 0 spiro atoms. The van der Waals surface area contributed by atoms with Gasteiger partial charge in [0.05, 0.1) is 18.6 Å². The summed E-state index contributed by atoms with van der Waals surface area (Å²) in [5.74, 6) is -0.694. The fraction of sp³-hybridized carbons (Fsp3) is 0.600. The standard InChI is InChI=1S/C20H26N2O5S/c1-5-26-20(25)17-21-18-16(13-7-6-12(4)8-14(13)28-18)19(24)22(17)9-15(23)27-10-11(2)3/h11-12H,5-10H2,1-4H3/t12-/m0/s1. The van der Waals surface area contributed by atoms with Crippen molar-refractivity contribution in [3.63, 3.8) is 0 Å². The van der Waals surface area contributed by atoms with Crippen molar-refractivity contribution in [2.24, 2.45) is 11.8 Å². The van der Waals surface area contributed by atoms with Crippen molar-refractivity contribution in [2.45, 2.75) is 53.5 Å². The molecular formula is C20H26N2O5S. The number of thiophene rings is 1. The van der Waals surface area contributed by atoms with E-state index in [0.717, 1.165) is 34.3 Å². The fourth-order valence-electron chi connectivity index (χ4n) is 3.36. The van der Waals surface area contributed by atoms with Gasteiger partial charge in [0.2, 0.25) is 5.82 Å². The molecule has 3 rings (SSSR count). The molecule has 1 atom stereocenters. The maximum absolute atomic E-state index is 13.3. The Bertz CT molecular complexity index is 960. The quantitative estimate of drug-likeness (QED) is 0.686. The zero-order valence-corrected chi connectivity index (χ0v) is 17.6. The van der Waals surface area contributed by atoms with Crippen molar-refractivity contribution in [1.29, 1.82) is 0 Å². The molecule has 28 heavy (non-hydrogen) atoms. The number of esters is 2. The van der Waals surface area contributed by atoms with E-state index in [9.17, 15) is 14.4 Å². The average molecular weight is 407 g/mol. The highest BCUT2D eigenvalue weighted by atomic mass is 32.1. The molecule has 1 aliphatic rings. The van der Waals surface area contributed by atoms with E-state index < -0.39 is 11.9 Å². The molecule has 0 N–H and O–H groups in total. The van der Waals surface area contributed by atoms with Gasteiger partial charge in [0.15, 0.2) is 0 Å². The van der Waals surface area contributed by atoms with Gasteiger partial charge < -0.3 is 9.47 Å². The van der Waals surface area contributed by atoms with Crippen LogP contribution >= 0.6 is 11.3 Å². The number of aryl methyl sites for hydroxylation is 1. The summed E-state index contributed by atoms with van der Waals surface area (Å²) in [6, 6.07) is 0. The Hall–Kier alpha value is -2.22. The molecule has 152 valence electrons. The summed E-state index contributed by atoms with van der Waals surface area (Å²) >= 11 is 1.46. The maximum atomic E-state index is 13.3. The molecule has 0 unspecified atom stereocenters. The Morgan fingerprint density at radius 3 is 2.75 bits per heavy atom. The average Bonchev–Trinajstić information content (AvgIpc) is 2.99. The predicted octanol–water partition coefficient (Wildman–Crippen LogP) is 2.96. The number of ether oxygens (including phenoxy) is 2. The molecule has 0 fully saturated rings. The molecular weight excluding hydrogens is 380 g/mol. The van der Waals surface area contributed by atoms with Gasteiger partial charge in [-0.3, -0.25) is 14.2 Å². The monoisotopic (exact) mass is 406 g/mol. The van der Waals surface area contributed by atoms with Crippen molar-refractivity contribution in [3.05, 3.63) is 26.6 Å². The van der Waals surface area contributed by atoms with Gasteiger partial charge in [-0.25, -0.2) is 9.78 Å². The first-order chi connectivity index (χ1) is 13.3. The normalized spacial score (nSPS) is 16.2. The first kappa shape index (κ1) is 20.5. The van der Waals surface area contributed by atoms with Gasteiger partial charge in [0.1, 0.15) is 11.4 Å². The van der Waals surface area contributed by atoms with E-state index in [1.54, 1.807) is 6.92 Å². The summed E-state index contributed by atoms with van der Waals surface area (Å²) in [5.41, 5.74) is 0.636. The van der Waals surface area contributed by atoms with Crippen LogP contribution in [0.4, 0.5) is 0 Å². The molecule has 0 saturated carbocycles. The van der Waals surface area contributed by atoms with Crippen LogP contribution in [0.2, 0.25) is 0 Å². The summed E-state index contributed by atoms with van der Waals surface area (Å²) in [4.78, 5) is 44.0. The molecule has 0 aliphatic heterocycles. The lowest BCUT2D eigenvalue weighted by molar-refractivity contribution is -0.145. The van der Waals surface area contributed by atoms with Gasteiger partial charge >= 0.3 is 11.9 Å². The number of nitrogens with zero attached hydrogens (tertiary/aromatic N) is 2. The molecule has 2 aromatic rings. The van der Waals surface area contributed by atoms with Crippen molar-refractivity contribution in [3.8, 4) is 0 Å². The predicted molar refractivity (Wildman–Crippen MR) is 107 cm³/mol. The minimum Gasteiger partial charge on any atom is -0.464 e. The molecule has 7 nitrogen and oxygen atoms in total. The molecule has 0 bridgehead atoms. The largest absolute Gasteiger partial charge is 0.464 e. The molecule has 1 aliphatic carbocycles. The van der Waals surface area contributed by atoms with Crippen LogP contribution in [0.25, 0.3) is 10.2 Å². The van der Waals surface area contributed by atoms with Gasteiger partial charge in [-0.05, 0) is 43.6 Å². The number of aromatic nitrogens is 2. The zero-order chi connectivity index (χ0) is 20.4. The Balaban J connectivity index is 2.09. The third-order valence-corrected chi connectivity index (χ3v) is 5.89. The second kappa shape index (κ2) is 8.43. The van der Waals surface area contributed by atoms with Crippen LogP contribution in [0.5, 0.6) is 0 Å². The summed E-state index contributed by atoms with van der Waals surface area (Å²) in [5, 5.41) is 0.525. The lowest BCUT2D eigenvalue weighted by Gasteiger charge is -2.17. The van der Waals surface area contributed by atoms with Crippen LogP contribution in [0, 0.1) is 11.8 Å². The van der Waals surface area contributed by atoms with Crippen molar-refractivity contribution < 1.29 is 19.1 Å². The second-order valence-corrected chi connectivity index (χ2v) is 8.74. The Morgan fingerprint density at radius 1 is 1.32 bits per heavy atom. The summed E-state index contributed by atoms with van der Waals surface area (Å²) in [6.45, 7) is 7.77. The van der Waals surface area contributed by atoms with Gasteiger partial charge in [-0.15, -0.1) is 11.3 Å². The first-order valence-corrected chi connectivity index (χ1v) is 10.5. The van der Waals surface area contributed by atoms with Crippen LogP contribution in [0.1, 0.15) is 55.2 Å². The van der Waals surface area contributed by atoms with E-state index in [1.807, 2.05) is 13.8 Å². The van der Waals surface area contributed by atoms with Crippen LogP contribution in [-0.2, 0) is 33.7 Å². The second-order valence-electron chi connectivity index (χ2n) is 7.66. The van der Waals surface area contributed by atoms with Crippen molar-refractivity contribution in [2.75, 3.05) is 13.2 Å². The highest BCUT2D eigenvalue weighted by molar-refractivity contribution is 7.18. The number of rotatable bonds is 6. The Morgan fingerprint density at radius 2 is 2.07 bits per heavy atom. The highest BCUT2D eigenvalue weighted by Gasteiger charge is 2.27.